The van der Waals surface area contributed by atoms with Gasteiger partial charge >= 0.3 is 24.5 Å². The van der Waals surface area contributed by atoms with E-state index in [2.05, 4.69) is 10.6 Å². The van der Waals surface area contributed by atoms with Crippen molar-refractivity contribution >= 4 is 141 Å². The number of aliphatic carboxylic acids is 2. The molecule has 6 heterocycles. The smallest absolute Gasteiger partial charge is 0.406 e. The first-order chi connectivity index (χ1) is 41.9. The quantitative estimate of drug-likeness (QED) is 0.0505. The van der Waals surface area contributed by atoms with Gasteiger partial charge in [0.1, 0.15) is 31.2 Å². The molecule has 3 aromatic carbocycles. The molecule has 0 radical (unpaired) electrons. The SMILES string of the molecule is C1CC2(C1)COC2.FC(F)(F)Cn1c(I)cc2c(NC3CCC4(CC3)OCCO4)cccc21.Nc1cccc2c1cc(I)n2CC(F)(F)F.O=C([O-])C(=O)O.O=C1CCC(Nc2cccc3c2cc(I)n3CC(F)(F)F)CC1.O=C1CCC2(CC1)OCCO2. The van der Waals surface area contributed by atoms with Gasteiger partial charge in [0.05, 0.1) is 67.3 Å². The second kappa shape index (κ2) is 29.9. The molecule has 0 unspecified atom stereocenters. The molecule has 17 nitrogen and oxygen atoms in total. The molecule has 5 N–H and O–H groups in total. The highest BCUT2D eigenvalue weighted by Crippen LogP contribution is 2.46. The van der Waals surface area contributed by atoms with E-state index in [4.69, 9.17) is 49.2 Å². The van der Waals surface area contributed by atoms with Gasteiger partial charge in [0.15, 0.2) is 17.5 Å². The third-order valence-electron chi connectivity index (χ3n) is 16.3. The summed E-state index contributed by atoms with van der Waals surface area (Å²) >= 11 is 5.78. The summed E-state index contributed by atoms with van der Waals surface area (Å²) in [6, 6.07) is 21.5. The van der Waals surface area contributed by atoms with Gasteiger partial charge in [-0.2, -0.15) is 39.5 Å². The number of carboxylic acid groups (broad SMARTS) is 2. The second-order valence-corrected chi connectivity index (χ2v) is 26.1. The van der Waals surface area contributed by atoms with Crippen LogP contribution in [0.5, 0.6) is 0 Å². The molecular formula is C60H67F9I3N6O11-. The molecule has 3 aromatic heterocycles. The van der Waals surface area contributed by atoms with Crippen LogP contribution in [0.2, 0.25) is 0 Å². The van der Waals surface area contributed by atoms with Crippen LogP contribution < -0.4 is 21.5 Å². The molecular weight excluding hydrogens is 1530 g/mol. The van der Waals surface area contributed by atoms with Crippen LogP contribution in [0.3, 0.4) is 0 Å². The highest BCUT2D eigenvalue weighted by atomic mass is 127. The fraction of sp³-hybridized carbons (Fsp3) is 0.533. The van der Waals surface area contributed by atoms with Crippen LogP contribution >= 0.6 is 67.8 Å². The van der Waals surface area contributed by atoms with Crippen molar-refractivity contribution in [1.29, 1.82) is 0 Å². The molecule has 6 aromatic rings. The Balaban J connectivity index is 0.000000148. The number of nitrogens with zero attached hydrogens (tertiary/aromatic N) is 3. The Labute approximate surface area is 546 Å². The zero-order chi connectivity index (χ0) is 64.5. The minimum Gasteiger partial charge on any atom is -0.539 e. The van der Waals surface area contributed by atoms with Gasteiger partial charge in [-0.3, -0.25) is 9.59 Å². The normalized spacial score (nSPS) is 19.6. The Morgan fingerprint density at radius 3 is 1.27 bits per heavy atom. The number of Topliss-reactive ketones (excluding diaryl/α,β-unsaturated/α-hetero) is 2. The number of hydrogen-bond donors (Lipinski definition) is 4. The van der Waals surface area contributed by atoms with Gasteiger partial charge in [0.2, 0.25) is 0 Å². The summed E-state index contributed by atoms with van der Waals surface area (Å²) in [5.74, 6) is -4.16. The lowest BCUT2D eigenvalue weighted by molar-refractivity contribution is -0.303. The van der Waals surface area contributed by atoms with Crippen LogP contribution in [0, 0.1) is 16.5 Å². The van der Waals surface area contributed by atoms with Crippen LogP contribution in [-0.4, -0.2) is 124 Å². The molecule has 13 rings (SSSR count). The summed E-state index contributed by atoms with van der Waals surface area (Å²) in [7, 11) is 0. The molecule has 0 amide bonds. The van der Waals surface area contributed by atoms with Crippen LogP contribution in [0.25, 0.3) is 32.7 Å². The van der Waals surface area contributed by atoms with Crippen LogP contribution in [0.1, 0.15) is 96.3 Å². The number of carbonyl (C=O) groups excluding carboxylic acids is 3. The molecule has 0 atom stereocenters. The highest BCUT2D eigenvalue weighted by Gasteiger charge is 2.44. The number of hydrogen-bond acceptors (Lipinski definition) is 13. The second-order valence-electron chi connectivity index (χ2n) is 22.8. The van der Waals surface area contributed by atoms with E-state index in [0.717, 1.165) is 92.1 Å². The molecule has 0 bridgehead atoms. The first kappa shape index (κ1) is 70.2. The molecule has 3 spiro atoms. The predicted molar refractivity (Wildman–Crippen MR) is 336 cm³/mol. The van der Waals surface area contributed by atoms with Crippen molar-refractivity contribution < 1.29 is 92.6 Å². The first-order valence-electron chi connectivity index (χ1n) is 28.9. The molecule has 488 valence electrons. The lowest BCUT2D eigenvalue weighted by Crippen LogP contribution is -2.47. The van der Waals surface area contributed by atoms with Crippen molar-refractivity contribution in [3.63, 3.8) is 0 Å². The van der Waals surface area contributed by atoms with Gasteiger partial charge in [-0.15, -0.1) is 0 Å². The number of ketones is 2. The van der Waals surface area contributed by atoms with E-state index >= 15 is 0 Å². The van der Waals surface area contributed by atoms with Crippen molar-refractivity contribution in [2.45, 2.75) is 158 Å². The Kier molecular flexibility index (Phi) is 23.6. The minimum absolute atomic E-state index is 0.196. The monoisotopic (exact) mass is 1600 g/mol. The number of aromatic nitrogens is 3. The Morgan fingerprint density at radius 1 is 0.562 bits per heavy atom. The van der Waals surface area contributed by atoms with Gasteiger partial charge in [-0.1, -0.05) is 24.6 Å². The molecule has 3 aliphatic heterocycles. The third-order valence-corrected chi connectivity index (χ3v) is 19.0. The van der Waals surface area contributed by atoms with E-state index in [0.29, 0.717) is 96.6 Å². The Hall–Kier alpha value is -4.68. The number of nitrogens with two attached hydrogens (primary N) is 1. The number of rotatable bonds is 7. The molecule has 7 fully saturated rings. The summed E-state index contributed by atoms with van der Waals surface area (Å²) in [6.45, 7) is 1.86. The van der Waals surface area contributed by atoms with Crippen molar-refractivity contribution in [2.75, 3.05) is 56.0 Å². The number of ether oxygens (including phenoxy) is 5. The Bertz CT molecular complexity index is 3380. The molecule has 89 heavy (non-hydrogen) atoms. The Morgan fingerprint density at radius 2 is 0.921 bits per heavy atom. The topological polar surface area (TPSA) is 223 Å². The van der Waals surface area contributed by atoms with Gasteiger partial charge < -0.3 is 68.8 Å². The maximum atomic E-state index is 12.9. The van der Waals surface area contributed by atoms with Crippen LogP contribution in [0.4, 0.5) is 56.6 Å². The fourth-order valence-electron chi connectivity index (χ4n) is 11.6. The van der Waals surface area contributed by atoms with Crippen LogP contribution in [-0.2, 0) is 62.5 Å². The zero-order valence-corrected chi connectivity index (χ0v) is 54.5. The molecule has 29 heteroatoms. The summed E-state index contributed by atoms with van der Waals surface area (Å²) in [4.78, 5) is 40.2. The van der Waals surface area contributed by atoms with Gasteiger partial charge in [-0.05, 0) is 161 Å². The van der Waals surface area contributed by atoms with Gasteiger partial charge in [-0.25, -0.2) is 4.79 Å². The third kappa shape index (κ3) is 19.4. The standard InChI is InChI=1S/C18H20F3IN2O2.C16H16F3IN2O.C10H8F3IN2.C8H12O3.C6H10O.C2H2O4/c19-18(20,21)11-24-15-3-1-2-14(13(15)10-16(24)22)23-12-4-6-17(7-5-12)25-8-9-26-17;17-16(18,19)9-22-14-3-1-2-13(12(14)8-15(22)20)21-10-4-6-11(23)7-5-10;11-10(12,13)5-16-8-3-1-2-7(15)6(8)4-9(16)14;9-7-1-3-8(4-2-7)10-5-6-11-8;1-2-6(3-1)4-7-5-6;3-1(4)2(5)6/h1-3,10,12,23H,4-9,11H2;1-3,8,10,21H,4-7,9H2;1-4H,5,15H2;1-6H2;1-5H2;(H,3,4)(H,5,6)/p-1. The van der Waals surface area contributed by atoms with E-state index in [1.807, 2.05) is 86.0 Å². The zero-order valence-electron chi connectivity index (χ0n) is 48.0. The van der Waals surface area contributed by atoms with E-state index < -0.39 is 55.9 Å². The lowest BCUT2D eigenvalue weighted by atomic mass is 9.67. The van der Waals surface area contributed by atoms with Gasteiger partial charge in [0.25, 0.3) is 0 Å². The number of nitrogens with one attached hydrogen (secondary N) is 2. The number of anilines is 3. The number of nitrogen functional groups attached to an aromatic ring is 1. The van der Waals surface area contributed by atoms with E-state index in [1.165, 1.54) is 33.0 Å². The van der Waals surface area contributed by atoms with Crippen molar-refractivity contribution in [3.8, 4) is 0 Å². The van der Waals surface area contributed by atoms with Crippen molar-refractivity contribution in [3.05, 3.63) is 83.9 Å². The average molecular weight is 1600 g/mol. The largest absolute Gasteiger partial charge is 0.539 e. The maximum absolute atomic E-state index is 12.9. The van der Waals surface area contributed by atoms with E-state index in [9.17, 15) is 49.1 Å². The number of benzene rings is 3. The predicted octanol–water partition coefficient (Wildman–Crippen LogP) is 12.9. The number of carbonyl (C=O) groups is 4. The van der Waals surface area contributed by atoms with Crippen LogP contribution in [0.15, 0.2) is 72.8 Å². The number of carboxylic acids is 2. The number of alkyl halides is 9. The molecule has 4 saturated carbocycles. The molecule has 3 saturated heterocycles. The summed E-state index contributed by atoms with van der Waals surface area (Å²) in [6.07, 6.45) is 0.560. The van der Waals surface area contributed by atoms with E-state index in [1.54, 1.807) is 54.6 Å². The summed E-state index contributed by atoms with van der Waals surface area (Å²) in [5.41, 5.74) is 10.3. The van der Waals surface area contributed by atoms with Crippen molar-refractivity contribution in [2.24, 2.45) is 5.41 Å². The first-order valence-corrected chi connectivity index (χ1v) is 32.1. The highest BCUT2D eigenvalue weighted by molar-refractivity contribution is 14.1. The van der Waals surface area contributed by atoms with E-state index in [-0.39, 0.29) is 23.7 Å². The average Bonchev–Trinajstić information content (AvgIpc) is 2.08. The number of halogens is 12. The van der Waals surface area contributed by atoms with Gasteiger partial charge in [0, 0.05) is 102 Å². The minimum atomic E-state index is -4.25. The summed E-state index contributed by atoms with van der Waals surface area (Å²) in [5, 5.41) is 25.5. The lowest BCUT2D eigenvalue weighted by Gasteiger charge is -2.48. The molecule has 7 aliphatic rings. The number of fused-ring (bicyclic) bond motifs is 3. The maximum Gasteiger partial charge on any atom is 0.406 e. The summed E-state index contributed by atoms with van der Waals surface area (Å²) < 4.78 is 147. The molecule has 4 aliphatic carbocycles. The fourth-order valence-corrected chi connectivity index (χ4v) is 13.8. The van der Waals surface area contributed by atoms with Crippen molar-refractivity contribution in [1.82, 2.24) is 13.7 Å².